The number of ether oxygens (including phenoxy) is 2. The Bertz CT molecular complexity index is 1790. The minimum Gasteiger partial charge on any atom is -0.497 e. The van der Waals surface area contributed by atoms with E-state index < -0.39 is 23.4 Å². The molecule has 0 N–H and O–H groups in total. The van der Waals surface area contributed by atoms with Gasteiger partial charge in [-0.25, -0.2) is 0 Å². The Morgan fingerprint density at radius 2 is 1.48 bits per heavy atom. The number of rotatable bonds is 5. The number of methoxy groups -OCH3 is 2. The van der Waals surface area contributed by atoms with Crippen molar-refractivity contribution in [1.29, 1.82) is 0 Å². The zero-order valence-electron chi connectivity index (χ0n) is 22.9. The smallest absolute Gasteiger partial charge is 0.186 e. The fourth-order valence-corrected chi connectivity index (χ4v) is 7.28. The van der Waals surface area contributed by atoms with Crippen LogP contribution in [0.25, 0.3) is 6.08 Å². The average molecular weight is 576 g/mol. The fraction of sp³-hybridized carbons (Fsp3) is 0.171. The van der Waals surface area contributed by atoms with Gasteiger partial charge in [-0.3, -0.25) is 14.4 Å². The summed E-state index contributed by atoms with van der Waals surface area (Å²) in [6, 6.07) is 25.1. The average Bonchev–Trinajstić information content (AvgIpc) is 3.46. The zero-order chi connectivity index (χ0) is 29.2. The minimum absolute atomic E-state index is 0.226. The van der Waals surface area contributed by atoms with Crippen molar-refractivity contribution in [1.82, 2.24) is 0 Å². The molecule has 1 spiro atoms. The lowest BCUT2D eigenvalue weighted by atomic mass is 9.64. The van der Waals surface area contributed by atoms with Gasteiger partial charge in [0.1, 0.15) is 23.0 Å². The topological polar surface area (TPSA) is 72.9 Å². The van der Waals surface area contributed by atoms with Crippen molar-refractivity contribution in [2.75, 3.05) is 19.1 Å². The lowest BCUT2D eigenvalue weighted by molar-refractivity contribution is 0.0665. The van der Waals surface area contributed by atoms with E-state index in [1.54, 1.807) is 68.8 Å². The van der Waals surface area contributed by atoms with Gasteiger partial charge in [-0.05, 0) is 53.6 Å². The van der Waals surface area contributed by atoms with Crippen molar-refractivity contribution in [2.24, 2.45) is 5.41 Å². The standard InChI is InChI=1S/C35H26ClNO5/c1-41-24-9-5-7-21(18-24)30-31(32(38)22-8-6-10-25(19-22)42-2)37-28-15-14-23(36)17-20(28)13-16-29(37)35(30)33(39)26-11-3-4-12-27(26)34(35)40/h3-19,29-31H,1-2H3/t29?,30-,31+/m0/s1. The predicted octanol–water partition coefficient (Wildman–Crippen LogP) is 6.67. The Labute approximate surface area is 248 Å². The van der Waals surface area contributed by atoms with Crippen LogP contribution in [-0.4, -0.2) is 43.7 Å². The van der Waals surface area contributed by atoms with Gasteiger partial charge < -0.3 is 14.4 Å². The van der Waals surface area contributed by atoms with Gasteiger partial charge in [0.2, 0.25) is 0 Å². The molecule has 1 fully saturated rings. The van der Waals surface area contributed by atoms with E-state index in [0.717, 1.165) is 11.3 Å². The minimum atomic E-state index is -1.59. The summed E-state index contributed by atoms with van der Waals surface area (Å²) in [5.74, 6) is -0.526. The quantitative estimate of drug-likeness (QED) is 0.195. The Balaban J connectivity index is 1.55. The van der Waals surface area contributed by atoms with Gasteiger partial charge in [0.05, 0.1) is 20.3 Å². The van der Waals surface area contributed by atoms with Crippen molar-refractivity contribution in [2.45, 2.75) is 18.0 Å². The van der Waals surface area contributed by atoms with E-state index in [2.05, 4.69) is 0 Å². The van der Waals surface area contributed by atoms with Gasteiger partial charge in [0.25, 0.3) is 0 Å². The molecule has 0 aromatic heterocycles. The third-order valence-electron chi connectivity index (χ3n) is 8.84. The van der Waals surface area contributed by atoms with Gasteiger partial charge in [-0.15, -0.1) is 0 Å². The number of Topliss-reactive ketones (excluding diaryl/α,β-unsaturated/α-hetero) is 3. The van der Waals surface area contributed by atoms with Crippen molar-refractivity contribution in [3.63, 3.8) is 0 Å². The lowest BCUT2D eigenvalue weighted by Crippen LogP contribution is -2.48. The van der Waals surface area contributed by atoms with Crippen LogP contribution in [0.2, 0.25) is 5.02 Å². The number of anilines is 1. The van der Waals surface area contributed by atoms with Crippen molar-refractivity contribution < 1.29 is 23.9 Å². The van der Waals surface area contributed by atoms with Gasteiger partial charge in [-0.2, -0.15) is 0 Å². The Hall–Kier alpha value is -4.68. The molecule has 0 amide bonds. The van der Waals surface area contributed by atoms with Crippen molar-refractivity contribution >= 4 is 40.7 Å². The van der Waals surface area contributed by atoms with Crippen LogP contribution in [0.3, 0.4) is 0 Å². The lowest BCUT2D eigenvalue weighted by Gasteiger charge is -2.37. The molecule has 0 saturated carbocycles. The first kappa shape index (κ1) is 26.2. The molecule has 1 aliphatic carbocycles. The van der Waals surface area contributed by atoms with Crippen LogP contribution in [-0.2, 0) is 0 Å². The molecule has 2 heterocycles. The highest BCUT2D eigenvalue weighted by Crippen LogP contribution is 2.61. The molecule has 42 heavy (non-hydrogen) atoms. The first-order valence-electron chi connectivity index (χ1n) is 13.7. The molecule has 7 heteroatoms. The summed E-state index contributed by atoms with van der Waals surface area (Å²) in [5.41, 5.74) is 1.78. The van der Waals surface area contributed by atoms with Gasteiger partial charge >= 0.3 is 0 Å². The first-order valence-corrected chi connectivity index (χ1v) is 14.0. The Morgan fingerprint density at radius 1 is 0.810 bits per heavy atom. The van der Waals surface area contributed by atoms with E-state index >= 15 is 0 Å². The van der Waals surface area contributed by atoms with Crippen LogP contribution in [0, 0.1) is 5.41 Å². The zero-order valence-corrected chi connectivity index (χ0v) is 23.7. The molecule has 4 aromatic rings. The van der Waals surface area contributed by atoms with E-state index in [1.807, 2.05) is 53.5 Å². The molecule has 3 aliphatic rings. The number of carbonyl (C=O) groups is 3. The molecule has 1 unspecified atom stereocenters. The summed E-state index contributed by atoms with van der Waals surface area (Å²) in [6.07, 6.45) is 3.78. The molecule has 0 radical (unpaired) electrons. The molecule has 6 nitrogen and oxygen atoms in total. The number of fused-ring (bicyclic) bond motifs is 5. The second-order valence-electron chi connectivity index (χ2n) is 10.8. The summed E-state index contributed by atoms with van der Waals surface area (Å²) in [4.78, 5) is 46.2. The third-order valence-corrected chi connectivity index (χ3v) is 9.08. The van der Waals surface area contributed by atoms with Crippen LogP contribution >= 0.6 is 11.6 Å². The number of hydrogen-bond acceptors (Lipinski definition) is 6. The predicted molar refractivity (Wildman–Crippen MR) is 161 cm³/mol. The van der Waals surface area contributed by atoms with Crippen LogP contribution in [0.1, 0.15) is 48.1 Å². The maximum atomic E-state index is 14.8. The van der Waals surface area contributed by atoms with Crippen LogP contribution < -0.4 is 14.4 Å². The number of benzene rings is 4. The maximum absolute atomic E-state index is 14.8. The summed E-state index contributed by atoms with van der Waals surface area (Å²) >= 11 is 6.38. The molecular weight excluding hydrogens is 550 g/mol. The summed E-state index contributed by atoms with van der Waals surface area (Å²) in [6.45, 7) is 0. The molecule has 0 bridgehead atoms. The number of hydrogen-bond donors (Lipinski definition) is 0. The number of nitrogens with zero attached hydrogens (tertiary/aromatic N) is 1. The highest BCUT2D eigenvalue weighted by Gasteiger charge is 2.71. The van der Waals surface area contributed by atoms with Crippen LogP contribution in [0.15, 0.2) is 97.1 Å². The number of ketones is 3. The molecule has 1 saturated heterocycles. The van der Waals surface area contributed by atoms with Crippen molar-refractivity contribution in [3.8, 4) is 11.5 Å². The summed E-state index contributed by atoms with van der Waals surface area (Å²) in [5, 5.41) is 0.547. The molecule has 7 rings (SSSR count). The summed E-state index contributed by atoms with van der Waals surface area (Å²) < 4.78 is 11.0. The van der Waals surface area contributed by atoms with Crippen LogP contribution in [0.5, 0.6) is 11.5 Å². The molecule has 208 valence electrons. The van der Waals surface area contributed by atoms with E-state index in [1.165, 1.54) is 0 Å². The molecule has 3 atom stereocenters. The first-order chi connectivity index (χ1) is 20.4. The second kappa shape index (κ2) is 9.71. The second-order valence-corrected chi connectivity index (χ2v) is 11.2. The van der Waals surface area contributed by atoms with E-state index in [4.69, 9.17) is 21.1 Å². The number of halogens is 1. The van der Waals surface area contributed by atoms with E-state index in [-0.39, 0.29) is 17.3 Å². The third kappa shape index (κ3) is 3.55. The van der Waals surface area contributed by atoms with E-state index in [0.29, 0.717) is 38.8 Å². The Morgan fingerprint density at radius 3 is 2.17 bits per heavy atom. The SMILES string of the molecule is COc1cccc(C(=O)[C@H]2[C@H](c3cccc(OC)c3)C3(C(=O)c4ccccc4C3=O)C3C=Cc4cc(Cl)ccc4N32)c1. The van der Waals surface area contributed by atoms with Crippen LogP contribution in [0.4, 0.5) is 5.69 Å². The number of carbonyl (C=O) groups excluding carboxylic acids is 3. The van der Waals surface area contributed by atoms with Crippen molar-refractivity contribution in [3.05, 3.63) is 130 Å². The molecular formula is C35H26ClNO5. The van der Waals surface area contributed by atoms with Gasteiger partial charge in [-0.1, -0.05) is 72.3 Å². The van der Waals surface area contributed by atoms with Gasteiger partial charge in [0.15, 0.2) is 17.3 Å². The highest BCUT2D eigenvalue weighted by molar-refractivity contribution is 6.32. The van der Waals surface area contributed by atoms with Gasteiger partial charge in [0, 0.05) is 33.3 Å². The summed E-state index contributed by atoms with van der Waals surface area (Å²) in [7, 11) is 3.11. The Kier molecular flexibility index (Phi) is 6.06. The normalized spacial score (nSPS) is 21.2. The maximum Gasteiger partial charge on any atom is 0.186 e. The fourth-order valence-electron chi connectivity index (χ4n) is 7.10. The van der Waals surface area contributed by atoms with E-state index in [9.17, 15) is 14.4 Å². The monoisotopic (exact) mass is 575 g/mol. The molecule has 2 aliphatic heterocycles. The largest absolute Gasteiger partial charge is 0.497 e. The molecule has 4 aromatic carbocycles. The highest BCUT2D eigenvalue weighted by atomic mass is 35.5.